The van der Waals surface area contributed by atoms with Crippen LogP contribution in [0.15, 0.2) is 158 Å². The Hall–Kier alpha value is -2.88. The van der Waals surface area contributed by atoms with Gasteiger partial charge >= 0.3 is 0 Å². The molecule has 0 saturated carbocycles. The average Bonchev–Trinajstić information content (AvgIpc) is 3.19. The molecule has 0 spiro atoms. The molecule has 8 aromatic rings. The molecule has 286 valence electrons. The molecule has 0 aliphatic rings. The number of aliphatic hydroxyl groups is 1. The third kappa shape index (κ3) is 13.9. The standard InChI is InChI=1S/C13H12ClI.C13H13ClO.C13H11Cl.C10H6ClI/c2*14-13-6-5-11-4-3-10(2-1-7-15)8-12(11)9-13;1-2-3-10-4-5-11-6-7-13(14)9-12(11)8-10;11-9-3-1-7-2-4-10(12)6-8(7)5-9/h3-6,8-9H,1-2,7H2;3-6,8-9,15H,1-2,7H2;2,4-9H,1,3H2;1-6H. The Morgan fingerprint density at radius 1 is 0.446 bits per heavy atom. The maximum Gasteiger partial charge on any atom is 0.0434 e. The lowest BCUT2D eigenvalue weighted by molar-refractivity contribution is 0.288. The molecule has 1 N–H and O–H groups in total. The predicted molar refractivity (Wildman–Crippen MR) is 265 cm³/mol. The number of halogens is 6. The molecule has 0 radical (unpaired) electrons. The number of hydrogen-bond donors (Lipinski definition) is 1. The highest BCUT2D eigenvalue weighted by atomic mass is 127. The normalized spacial score (nSPS) is 10.6. The van der Waals surface area contributed by atoms with E-state index in [2.05, 4.69) is 131 Å². The van der Waals surface area contributed by atoms with Gasteiger partial charge in [0, 0.05) is 30.3 Å². The molecule has 56 heavy (non-hydrogen) atoms. The number of aliphatic hydroxyl groups excluding tert-OH is 1. The Morgan fingerprint density at radius 3 is 1.21 bits per heavy atom. The topological polar surface area (TPSA) is 20.2 Å². The van der Waals surface area contributed by atoms with Gasteiger partial charge in [-0.25, -0.2) is 0 Å². The van der Waals surface area contributed by atoms with Crippen molar-refractivity contribution in [3.05, 3.63) is 199 Å². The van der Waals surface area contributed by atoms with Crippen LogP contribution in [-0.2, 0) is 19.3 Å². The van der Waals surface area contributed by atoms with Crippen molar-refractivity contribution in [2.24, 2.45) is 0 Å². The van der Waals surface area contributed by atoms with Crippen molar-refractivity contribution in [2.45, 2.75) is 32.1 Å². The molecule has 7 heteroatoms. The lowest BCUT2D eigenvalue weighted by Crippen LogP contribution is -1.89. The molecule has 0 aliphatic carbocycles. The number of fused-ring (bicyclic) bond motifs is 4. The van der Waals surface area contributed by atoms with Crippen LogP contribution in [0.25, 0.3) is 43.1 Å². The summed E-state index contributed by atoms with van der Waals surface area (Å²) < 4.78 is 2.45. The molecule has 0 aromatic heterocycles. The molecule has 0 bridgehead atoms. The SMILES string of the molecule is C=CCc1ccc2ccc(Cl)cc2c1.Clc1ccc2ccc(CCCI)cc2c1.Clc1ccc2ccc(I)cc2c1.OCCCc1ccc2ccc(Cl)cc2c1. The summed E-state index contributed by atoms with van der Waals surface area (Å²) in [4.78, 5) is 0. The van der Waals surface area contributed by atoms with Crippen molar-refractivity contribution >= 4 is 135 Å². The zero-order chi connectivity index (χ0) is 39.9. The Labute approximate surface area is 377 Å². The van der Waals surface area contributed by atoms with Gasteiger partial charge in [-0.3, -0.25) is 0 Å². The van der Waals surface area contributed by atoms with E-state index in [4.69, 9.17) is 51.5 Å². The van der Waals surface area contributed by atoms with Gasteiger partial charge in [-0.05, 0) is 180 Å². The maximum atomic E-state index is 8.76. The molecule has 0 amide bonds. The number of allylic oxidation sites excluding steroid dienone is 1. The molecule has 8 rings (SSSR count). The van der Waals surface area contributed by atoms with Gasteiger partial charge in [-0.1, -0.05) is 160 Å². The second kappa shape index (κ2) is 22.9. The minimum Gasteiger partial charge on any atom is -0.396 e. The maximum absolute atomic E-state index is 8.76. The fourth-order valence-corrected chi connectivity index (χ4v) is 7.77. The van der Waals surface area contributed by atoms with Gasteiger partial charge in [0.2, 0.25) is 0 Å². The van der Waals surface area contributed by atoms with Gasteiger partial charge in [-0.2, -0.15) is 0 Å². The van der Waals surface area contributed by atoms with Crippen molar-refractivity contribution < 1.29 is 5.11 Å². The Balaban J connectivity index is 0.000000143. The largest absolute Gasteiger partial charge is 0.396 e. The first-order valence-corrected chi connectivity index (χ1v) is 22.4. The number of hydrogen-bond acceptors (Lipinski definition) is 1. The first-order valence-electron chi connectivity index (χ1n) is 18.3. The molecular formula is C49H42Cl4I2O. The quantitative estimate of drug-likeness (QED) is 0.0913. The summed E-state index contributed by atoms with van der Waals surface area (Å²) in [6.45, 7) is 3.97. The van der Waals surface area contributed by atoms with Crippen molar-refractivity contribution in [1.29, 1.82) is 0 Å². The van der Waals surface area contributed by atoms with E-state index in [0.29, 0.717) is 0 Å². The summed E-state index contributed by atoms with van der Waals surface area (Å²) in [5.74, 6) is 0. The zero-order valence-corrected chi connectivity index (χ0v) is 38.1. The van der Waals surface area contributed by atoms with E-state index in [9.17, 15) is 0 Å². The summed E-state index contributed by atoms with van der Waals surface area (Å²) >= 11 is 28.4. The fraction of sp³-hybridized carbons (Fsp3) is 0.143. The van der Waals surface area contributed by atoms with Crippen LogP contribution in [0.5, 0.6) is 0 Å². The van der Waals surface area contributed by atoms with Gasteiger partial charge in [0.25, 0.3) is 0 Å². The highest BCUT2D eigenvalue weighted by Crippen LogP contribution is 2.24. The Bertz CT molecular complexity index is 2410. The van der Waals surface area contributed by atoms with E-state index in [0.717, 1.165) is 51.2 Å². The minimum atomic E-state index is 0.244. The predicted octanol–water partition coefficient (Wildman–Crippen LogP) is 16.6. The number of alkyl halides is 1. The number of rotatable bonds is 8. The summed E-state index contributed by atoms with van der Waals surface area (Å²) in [5, 5.41) is 21.7. The van der Waals surface area contributed by atoms with Crippen LogP contribution < -0.4 is 0 Å². The molecule has 0 fully saturated rings. The molecule has 8 aromatic carbocycles. The zero-order valence-electron chi connectivity index (χ0n) is 30.8. The molecule has 0 aliphatic heterocycles. The van der Waals surface area contributed by atoms with Gasteiger partial charge in [0.05, 0.1) is 0 Å². The molecule has 0 saturated heterocycles. The molecule has 1 nitrogen and oxygen atoms in total. The van der Waals surface area contributed by atoms with E-state index in [1.807, 2.05) is 72.8 Å². The van der Waals surface area contributed by atoms with Crippen LogP contribution in [-0.4, -0.2) is 16.1 Å². The van der Waals surface area contributed by atoms with Crippen molar-refractivity contribution in [1.82, 2.24) is 0 Å². The van der Waals surface area contributed by atoms with E-state index < -0.39 is 0 Å². The minimum absolute atomic E-state index is 0.244. The Morgan fingerprint density at radius 2 is 0.804 bits per heavy atom. The molecular weight excluding hydrogens is 1000 g/mol. The van der Waals surface area contributed by atoms with Gasteiger partial charge in [0.15, 0.2) is 0 Å². The third-order valence-electron chi connectivity index (χ3n) is 8.97. The number of aryl methyl sites for hydroxylation is 2. The third-order valence-corrected chi connectivity index (χ3v) is 11.3. The van der Waals surface area contributed by atoms with E-state index >= 15 is 0 Å². The lowest BCUT2D eigenvalue weighted by Gasteiger charge is -2.03. The molecule has 0 unspecified atom stereocenters. The smallest absolute Gasteiger partial charge is 0.0434 e. The fourth-order valence-electron chi connectivity index (χ4n) is 6.15. The van der Waals surface area contributed by atoms with E-state index in [1.165, 1.54) is 68.8 Å². The van der Waals surface area contributed by atoms with Crippen molar-refractivity contribution in [2.75, 3.05) is 11.0 Å². The first kappa shape index (κ1) is 44.2. The van der Waals surface area contributed by atoms with Crippen LogP contribution in [0, 0.1) is 3.57 Å². The van der Waals surface area contributed by atoms with Crippen LogP contribution >= 0.6 is 91.6 Å². The van der Waals surface area contributed by atoms with Crippen LogP contribution in [0.4, 0.5) is 0 Å². The first-order chi connectivity index (χ1) is 27.1. The van der Waals surface area contributed by atoms with Crippen LogP contribution in [0.1, 0.15) is 29.5 Å². The average molecular weight is 1040 g/mol. The monoisotopic (exact) mass is 1040 g/mol. The summed E-state index contributed by atoms with van der Waals surface area (Å²) in [6.07, 6.45) is 6.94. The molecule has 0 atom stereocenters. The highest BCUT2D eigenvalue weighted by molar-refractivity contribution is 14.1. The van der Waals surface area contributed by atoms with Crippen molar-refractivity contribution in [3.63, 3.8) is 0 Å². The second-order valence-electron chi connectivity index (χ2n) is 13.2. The van der Waals surface area contributed by atoms with Gasteiger partial charge in [0.1, 0.15) is 0 Å². The van der Waals surface area contributed by atoms with Crippen molar-refractivity contribution in [3.8, 4) is 0 Å². The van der Waals surface area contributed by atoms with Crippen LogP contribution in [0.2, 0.25) is 20.1 Å². The number of benzene rings is 8. The Kier molecular flexibility index (Phi) is 18.1. The second-order valence-corrected chi connectivity index (χ2v) is 17.3. The van der Waals surface area contributed by atoms with Gasteiger partial charge < -0.3 is 5.11 Å². The van der Waals surface area contributed by atoms with E-state index in [1.54, 1.807) is 0 Å². The van der Waals surface area contributed by atoms with Crippen LogP contribution in [0.3, 0.4) is 0 Å². The summed E-state index contributed by atoms with van der Waals surface area (Å²) in [7, 11) is 0. The summed E-state index contributed by atoms with van der Waals surface area (Å²) in [6, 6.07) is 49.5. The summed E-state index contributed by atoms with van der Waals surface area (Å²) in [5.41, 5.74) is 3.93. The molecule has 0 heterocycles. The van der Waals surface area contributed by atoms with Gasteiger partial charge in [-0.15, -0.1) is 6.58 Å². The highest BCUT2D eigenvalue weighted by Gasteiger charge is 2.00. The lowest BCUT2D eigenvalue weighted by atomic mass is 10.0. The van der Waals surface area contributed by atoms with E-state index in [-0.39, 0.29) is 6.61 Å².